The average Bonchev–Trinajstić information content (AvgIpc) is 3.27. The minimum Gasteiger partial charge on any atom is -0.394 e. The van der Waals surface area contributed by atoms with Crippen LogP contribution in [0.1, 0.15) is 74.8 Å². The molecule has 0 bridgehead atoms. The molecule has 352 valence electrons. The van der Waals surface area contributed by atoms with Gasteiger partial charge in [0.1, 0.15) is 36.0 Å². The molecule has 0 radical (unpaired) electrons. The van der Waals surface area contributed by atoms with Crippen molar-refractivity contribution >= 4 is 53.5 Å². The molecule has 2 heterocycles. The summed E-state index contributed by atoms with van der Waals surface area (Å²) in [6, 6.07) is -2.46. The maximum atomic E-state index is 14.2. The van der Waals surface area contributed by atoms with Gasteiger partial charge in [0.15, 0.2) is 5.96 Å². The normalized spacial score (nSPS) is 25.2. The van der Waals surface area contributed by atoms with Gasteiger partial charge in [-0.25, -0.2) is 14.6 Å². The Bertz CT molecular complexity index is 1890. The topological polar surface area (TPSA) is 414 Å². The molecule has 1 aromatic carbocycles. The number of aliphatic imine (C=N–C) groups is 1. The van der Waals surface area contributed by atoms with E-state index in [9.17, 15) is 48.6 Å². The first kappa shape index (κ1) is 50.1. The Labute approximate surface area is 368 Å². The lowest BCUT2D eigenvalue weighted by atomic mass is 9.84. The number of rotatable bonds is 14. The number of aliphatic hydroxyl groups excluding tert-OH is 2. The average molecular weight is 900 g/mol. The number of nitrogens with one attached hydrogen (secondary N) is 10. The molecule has 1 saturated carbocycles. The molecule has 20 N–H and O–H groups in total. The number of nitrogens with two attached hydrogens (primary N) is 4. The van der Waals surface area contributed by atoms with Crippen LogP contribution < -0.4 is 76.1 Å². The standard InChI is InChI=1S/C39H61N15O10/c40-12-4-7-23(41)13-30(57)47-25-16-44-36(62)31(54-33(59)26(17-45-38(43)63)48-34(60)27(18-55)50-35(61)28(19-56)49-32(25)58)24-14-29(52-37(42)51-24)53-39(64)46-15-20-8-10-22(11-9-20)21-5-2-1-3-6-21/h8-11,17,21,23-25,27-29,31,55-56H,1-7,12-16,18-19,40-41H2,(H,44,62)(H,47,57)(H,48,60)(H,49,58)(H,50,61)(H,54,59)(H3,42,51,52)(H3,43,45,63)(H2,46,53,64)/b26-17-/t23-,24?,25?,27+,28+,29?,31+/m0/s1. The van der Waals surface area contributed by atoms with Crippen LogP contribution in [0, 0.1) is 0 Å². The van der Waals surface area contributed by atoms with Crippen molar-refractivity contribution in [2.75, 3.05) is 26.3 Å². The number of guanidine groups is 1. The van der Waals surface area contributed by atoms with E-state index in [1.807, 2.05) is 17.4 Å². The number of nitrogens with zero attached hydrogens (tertiary/aromatic N) is 1. The van der Waals surface area contributed by atoms with E-state index >= 15 is 0 Å². The van der Waals surface area contributed by atoms with Crippen molar-refractivity contribution < 1.29 is 48.6 Å². The van der Waals surface area contributed by atoms with Gasteiger partial charge in [0.05, 0.1) is 19.3 Å². The molecule has 7 atom stereocenters. The molecule has 0 aromatic heterocycles. The Kier molecular flexibility index (Phi) is 19.5. The first-order valence-electron chi connectivity index (χ1n) is 21.1. The number of hydrogen-bond donors (Lipinski definition) is 16. The molecule has 25 nitrogen and oxygen atoms in total. The third-order valence-electron chi connectivity index (χ3n) is 10.7. The smallest absolute Gasteiger partial charge is 0.316 e. The van der Waals surface area contributed by atoms with Gasteiger partial charge in [-0.15, -0.1) is 0 Å². The van der Waals surface area contributed by atoms with Crippen LogP contribution in [-0.4, -0.2) is 132 Å². The highest BCUT2D eigenvalue weighted by molar-refractivity contribution is 6.02. The molecule has 0 spiro atoms. The Morgan fingerprint density at radius 3 is 2.20 bits per heavy atom. The molecule has 3 unspecified atom stereocenters. The minimum absolute atomic E-state index is 0.177. The van der Waals surface area contributed by atoms with E-state index in [1.165, 1.54) is 24.8 Å². The fourth-order valence-corrected chi connectivity index (χ4v) is 7.30. The summed E-state index contributed by atoms with van der Waals surface area (Å²) in [6.45, 7) is -2.25. The number of urea groups is 2. The lowest BCUT2D eigenvalue weighted by Gasteiger charge is -2.34. The van der Waals surface area contributed by atoms with Gasteiger partial charge in [-0.1, -0.05) is 43.5 Å². The summed E-state index contributed by atoms with van der Waals surface area (Å²) in [5.74, 6) is -6.14. The number of aliphatic hydroxyl groups is 2. The highest BCUT2D eigenvalue weighted by Gasteiger charge is 2.38. The molecule has 10 amide bonds. The molecule has 2 fully saturated rings. The summed E-state index contributed by atoms with van der Waals surface area (Å²) < 4.78 is 0. The molecule has 64 heavy (non-hydrogen) atoms. The van der Waals surface area contributed by atoms with Gasteiger partial charge in [-0.3, -0.25) is 28.8 Å². The predicted molar refractivity (Wildman–Crippen MR) is 229 cm³/mol. The number of hydrogen-bond acceptors (Lipinski definition) is 15. The van der Waals surface area contributed by atoms with Crippen LogP contribution in [0.3, 0.4) is 0 Å². The second kappa shape index (κ2) is 24.9. The fraction of sp³-hybridized carbons (Fsp3) is 0.564. The van der Waals surface area contributed by atoms with Crippen LogP contribution in [0.2, 0.25) is 0 Å². The highest BCUT2D eigenvalue weighted by Crippen LogP contribution is 2.32. The molecule has 1 aliphatic carbocycles. The first-order valence-corrected chi connectivity index (χ1v) is 21.1. The summed E-state index contributed by atoms with van der Waals surface area (Å²) in [5, 5.41) is 44.2. The monoisotopic (exact) mass is 899 g/mol. The predicted octanol–water partition coefficient (Wildman–Crippen LogP) is -5.33. The van der Waals surface area contributed by atoms with Crippen LogP contribution in [0.4, 0.5) is 9.59 Å². The summed E-state index contributed by atoms with van der Waals surface area (Å²) in [7, 11) is 0. The zero-order chi connectivity index (χ0) is 46.8. The lowest BCUT2D eigenvalue weighted by Crippen LogP contribution is -2.65. The van der Waals surface area contributed by atoms with Crippen LogP contribution in [0.15, 0.2) is 41.2 Å². The largest absolute Gasteiger partial charge is 0.394 e. The molecule has 1 saturated heterocycles. The third-order valence-corrected chi connectivity index (χ3v) is 10.7. The van der Waals surface area contributed by atoms with E-state index in [0.29, 0.717) is 31.5 Å². The molecule has 2 aliphatic heterocycles. The third kappa shape index (κ3) is 15.7. The fourth-order valence-electron chi connectivity index (χ4n) is 7.30. The maximum Gasteiger partial charge on any atom is 0.316 e. The number of carbonyl (C=O) groups is 8. The second-order valence-corrected chi connectivity index (χ2v) is 15.7. The van der Waals surface area contributed by atoms with Gasteiger partial charge in [-0.05, 0) is 49.3 Å². The van der Waals surface area contributed by atoms with Crippen molar-refractivity contribution in [1.82, 2.24) is 53.2 Å². The number of benzene rings is 1. The molecular weight excluding hydrogens is 839 g/mol. The number of carbonyl (C=O) groups excluding carboxylic acids is 8. The van der Waals surface area contributed by atoms with Crippen LogP contribution in [0.25, 0.3) is 0 Å². The van der Waals surface area contributed by atoms with Crippen molar-refractivity contribution in [1.29, 1.82) is 0 Å². The SMILES string of the molecule is NCCC[C@H](N)CC(=O)NC1CNC(=O)[C@@H](C2CC(NC(=O)NCc3ccc(C4CCCCC4)cc3)N=C(N)N2)NC(=O)/C(=C/NC(N)=O)NC(=O)[C@@H](CO)NC(=O)[C@@H](CO)NC1=O. The maximum absolute atomic E-state index is 14.2. The highest BCUT2D eigenvalue weighted by atomic mass is 16.3. The van der Waals surface area contributed by atoms with Gasteiger partial charge >= 0.3 is 12.1 Å². The van der Waals surface area contributed by atoms with E-state index in [0.717, 1.165) is 18.4 Å². The second-order valence-electron chi connectivity index (χ2n) is 15.7. The quantitative estimate of drug-likeness (QED) is 0.0776. The van der Waals surface area contributed by atoms with Crippen LogP contribution in [-0.2, 0) is 35.3 Å². The van der Waals surface area contributed by atoms with E-state index in [2.05, 4.69) is 65.0 Å². The van der Waals surface area contributed by atoms with Crippen molar-refractivity contribution in [3.63, 3.8) is 0 Å². The Hall–Kier alpha value is -6.57. The molecule has 3 aliphatic rings. The molecular formula is C39H61N15O10. The zero-order valence-corrected chi connectivity index (χ0v) is 35.3. The van der Waals surface area contributed by atoms with E-state index in [-0.39, 0.29) is 25.3 Å². The summed E-state index contributed by atoms with van der Waals surface area (Å²) in [6.07, 6.45) is 6.00. The summed E-state index contributed by atoms with van der Waals surface area (Å²) in [5.41, 5.74) is 24.3. The molecule has 1 aromatic rings. The number of amides is 10. The van der Waals surface area contributed by atoms with Gasteiger partial charge in [0.25, 0.3) is 5.91 Å². The van der Waals surface area contributed by atoms with E-state index < -0.39 is 115 Å². The Morgan fingerprint density at radius 1 is 0.875 bits per heavy atom. The van der Waals surface area contributed by atoms with Crippen LogP contribution >= 0.6 is 0 Å². The van der Waals surface area contributed by atoms with Crippen molar-refractivity contribution in [3.05, 3.63) is 47.3 Å². The molecule has 4 rings (SSSR count). The first-order chi connectivity index (χ1) is 30.6. The number of primary amides is 1. The van der Waals surface area contributed by atoms with Gasteiger partial charge in [0, 0.05) is 38.2 Å². The zero-order valence-electron chi connectivity index (χ0n) is 35.3. The van der Waals surface area contributed by atoms with Crippen molar-refractivity contribution in [2.24, 2.45) is 27.9 Å². The van der Waals surface area contributed by atoms with E-state index in [1.54, 1.807) is 0 Å². The van der Waals surface area contributed by atoms with Crippen molar-refractivity contribution in [3.8, 4) is 0 Å². The Balaban J connectivity index is 1.59. The summed E-state index contributed by atoms with van der Waals surface area (Å²) in [4.78, 5) is 110. The van der Waals surface area contributed by atoms with Gasteiger partial charge in [0.2, 0.25) is 29.5 Å². The van der Waals surface area contributed by atoms with Gasteiger partial charge < -0.3 is 86.3 Å². The van der Waals surface area contributed by atoms with E-state index in [4.69, 9.17) is 22.9 Å². The Morgan fingerprint density at radius 2 is 1.55 bits per heavy atom. The molecule has 25 heteroatoms. The van der Waals surface area contributed by atoms with Gasteiger partial charge in [-0.2, -0.15) is 0 Å². The minimum atomic E-state index is -1.81. The lowest BCUT2D eigenvalue weighted by molar-refractivity contribution is -0.135. The van der Waals surface area contributed by atoms with Crippen LogP contribution in [0.5, 0.6) is 0 Å². The summed E-state index contributed by atoms with van der Waals surface area (Å²) >= 11 is 0. The van der Waals surface area contributed by atoms with Crippen molar-refractivity contribution in [2.45, 2.75) is 113 Å².